The minimum atomic E-state index is -4.30. The van der Waals surface area contributed by atoms with Gasteiger partial charge in [-0.05, 0) is 37.7 Å². The Balaban J connectivity index is 0.00000324. The number of nitrogens with one attached hydrogen (secondary N) is 3. The van der Waals surface area contributed by atoms with Gasteiger partial charge in [-0.15, -0.1) is 12.4 Å². The molecule has 1 atom stereocenters. The lowest BCUT2D eigenvalue weighted by Crippen LogP contribution is -2.29. The Morgan fingerprint density at radius 1 is 1.15 bits per heavy atom. The molecule has 8 nitrogen and oxygen atoms in total. The van der Waals surface area contributed by atoms with Gasteiger partial charge in [0.1, 0.15) is 16.5 Å². The molecule has 0 radical (unpaired) electrons. The Labute approximate surface area is 207 Å². The second-order valence-electron chi connectivity index (χ2n) is 7.47. The molecule has 1 aliphatic heterocycles. The Kier molecular flexibility index (Phi) is 8.13. The molecule has 0 saturated carbocycles. The summed E-state index contributed by atoms with van der Waals surface area (Å²) >= 11 is 6.30. The second-order valence-corrected chi connectivity index (χ2v) is 9.52. The number of rotatable bonds is 7. The monoisotopic (exact) mass is 530 g/mol. The number of sulfonamides is 1. The van der Waals surface area contributed by atoms with Crippen molar-refractivity contribution in [2.75, 3.05) is 35.1 Å². The van der Waals surface area contributed by atoms with E-state index in [-0.39, 0.29) is 35.0 Å². The second kappa shape index (κ2) is 10.7. The van der Waals surface area contributed by atoms with Crippen LogP contribution in [0.25, 0.3) is 0 Å². The highest BCUT2D eigenvalue weighted by atomic mass is 35.5. The molecule has 0 aliphatic carbocycles. The minimum absolute atomic E-state index is 0. The van der Waals surface area contributed by atoms with Crippen molar-refractivity contribution in [3.63, 3.8) is 0 Å². The lowest BCUT2D eigenvalue weighted by Gasteiger charge is -2.23. The average molecular weight is 531 g/mol. The van der Waals surface area contributed by atoms with Crippen LogP contribution in [-0.4, -0.2) is 44.6 Å². The standard InChI is InChI=1S/C21H21ClF2N6O2S.ClH/c1-25-14-4-7-30(12-14)19-8-13(23)2-3-17(19)28-18-10-16(24)20(9-15(18)22)33(31,32)29-21-11-26-5-6-27-21;/h2-3,5-6,8-11,14,25,28H,4,7,12H2,1H3,(H,27,29);1H. The fraction of sp³-hybridized carbons (Fsp3) is 0.238. The number of likely N-dealkylation sites (N-methyl/N-ethyl adjacent to an activating group) is 1. The Morgan fingerprint density at radius 3 is 2.62 bits per heavy atom. The number of benzene rings is 2. The lowest BCUT2D eigenvalue weighted by molar-refractivity contribution is 0.570. The molecule has 1 aliphatic rings. The van der Waals surface area contributed by atoms with Gasteiger partial charge in [-0.25, -0.2) is 22.2 Å². The first-order chi connectivity index (χ1) is 15.8. The van der Waals surface area contributed by atoms with E-state index in [9.17, 15) is 17.2 Å². The normalized spacial score (nSPS) is 15.6. The first kappa shape index (κ1) is 25.9. The summed E-state index contributed by atoms with van der Waals surface area (Å²) in [5.41, 5.74) is 1.26. The summed E-state index contributed by atoms with van der Waals surface area (Å²) < 4.78 is 56.2. The van der Waals surface area contributed by atoms with Crippen LogP contribution < -0.4 is 20.3 Å². The van der Waals surface area contributed by atoms with E-state index in [1.807, 2.05) is 11.9 Å². The molecule has 1 aromatic heterocycles. The zero-order valence-electron chi connectivity index (χ0n) is 17.9. The van der Waals surface area contributed by atoms with Crippen molar-refractivity contribution in [2.45, 2.75) is 17.4 Å². The summed E-state index contributed by atoms with van der Waals surface area (Å²) in [5.74, 6) is -1.48. The van der Waals surface area contributed by atoms with Gasteiger partial charge in [-0.2, -0.15) is 0 Å². The molecule has 182 valence electrons. The average Bonchev–Trinajstić information content (AvgIpc) is 3.26. The molecule has 3 aromatic rings. The number of anilines is 4. The van der Waals surface area contributed by atoms with E-state index in [1.165, 1.54) is 36.8 Å². The molecule has 0 amide bonds. The third kappa shape index (κ3) is 5.66. The first-order valence-corrected chi connectivity index (χ1v) is 11.9. The van der Waals surface area contributed by atoms with Crippen LogP contribution in [0.3, 0.4) is 0 Å². The van der Waals surface area contributed by atoms with Gasteiger partial charge in [-0.3, -0.25) is 9.71 Å². The van der Waals surface area contributed by atoms with E-state index in [2.05, 4.69) is 25.3 Å². The molecule has 0 spiro atoms. The van der Waals surface area contributed by atoms with Crippen LogP contribution in [0.5, 0.6) is 0 Å². The van der Waals surface area contributed by atoms with Crippen molar-refractivity contribution in [3.8, 4) is 0 Å². The van der Waals surface area contributed by atoms with E-state index in [0.29, 0.717) is 17.9 Å². The quantitative estimate of drug-likeness (QED) is 0.421. The molecule has 4 rings (SSSR count). The van der Waals surface area contributed by atoms with Crippen LogP contribution in [0.2, 0.25) is 5.02 Å². The van der Waals surface area contributed by atoms with Crippen molar-refractivity contribution >= 4 is 56.9 Å². The highest BCUT2D eigenvalue weighted by molar-refractivity contribution is 7.92. The predicted octanol–water partition coefficient (Wildman–Crippen LogP) is 4.17. The van der Waals surface area contributed by atoms with Gasteiger partial charge in [0.15, 0.2) is 5.82 Å². The van der Waals surface area contributed by atoms with Gasteiger partial charge in [0, 0.05) is 37.6 Å². The van der Waals surface area contributed by atoms with Gasteiger partial charge >= 0.3 is 0 Å². The van der Waals surface area contributed by atoms with Crippen molar-refractivity contribution in [3.05, 3.63) is 65.6 Å². The molecular formula is C21H22Cl2F2N6O2S. The molecule has 1 unspecified atom stereocenters. The molecule has 1 saturated heterocycles. The van der Waals surface area contributed by atoms with Crippen LogP contribution in [-0.2, 0) is 10.0 Å². The smallest absolute Gasteiger partial charge is 0.266 e. The zero-order chi connectivity index (χ0) is 23.6. The highest BCUT2D eigenvalue weighted by Gasteiger charge is 2.25. The van der Waals surface area contributed by atoms with E-state index in [0.717, 1.165) is 25.1 Å². The van der Waals surface area contributed by atoms with E-state index >= 15 is 0 Å². The van der Waals surface area contributed by atoms with Crippen molar-refractivity contribution < 1.29 is 17.2 Å². The van der Waals surface area contributed by atoms with E-state index in [1.54, 1.807) is 0 Å². The highest BCUT2D eigenvalue weighted by Crippen LogP contribution is 2.36. The van der Waals surface area contributed by atoms with Crippen LogP contribution in [0.1, 0.15) is 6.42 Å². The maximum atomic E-state index is 14.9. The maximum Gasteiger partial charge on any atom is 0.266 e. The Morgan fingerprint density at radius 2 is 1.94 bits per heavy atom. The number of hydrogen-bond acceptors (Lipinski definition) is 7. The zero-order valence-corrected chi connectivity index (χ0v) is 20.3. The first-order valence-electron chi connectivity index (χ1n) is 10.0. The lowest BCUT2D eigenvalue weighted by atomic mass is 10.2. The van der Waals surface area contributed by atoms with Gasteiger partial charge in [0.2, 0.25) is 0 Å². The van der Waals surface area contributed by atoms with Crippen LogP contribution in [0.15, 0.2) is 53.8 Å². The molecule has 3 N–H and O–H groups in total. The maximum absolute atomic E-state index is 14.9. The minimum Gasteiger partial charge on any atom is -0.368 e. The molecule has 1 fully saturated rings. The van der Waals surface area contributed by atoms with Gasteiger partial charge < -0.3 is 15.5 Å². The number of nitrogens with zero attached hydrogens (tertiary/aromatic N) is 3. The van der Waals surface area contributed by atoms with Gasteiger partial charge in [0.05, 0.1) is 28.3 Å². The van der Waals surface area contributed by atoms with Crippen molar-refractivity contribution in [1.82, 2.24) is 15.3 Å². The summed E-state index contributed by atoms with van der Waals surface area (Å²) in [6, 6.07) is 6.48. The SMILES string of the molecule is CNC1CCN(c2cc(F)ccc2Nc2cc(F)c(S(=O)(=O)Nc3cnccn3)cc2Cl)C1.Cl. The molecule has 2 heterocycles. The Bertz CT molecular complexity index is 1270. The van der Waals surface area contributed by atoms with Crippen LogP contribution >= 0.6 is 24.0 Å². The molecule has 2 aromatic carbocycles. The summed E-state index contributed by atoms with van der Waals surface area (Å²) in [5, 5.41) is 6.19. The molecular weight excluding hydrogens is 509 g/mol. The van der Waals surface area contributed by atoms with E-state index < -0.39 is 26.6 Å². The van der Waals surface area contributed by atoms with E-state index in [4.69, 9.17) is 11.6 Å². The third-order valence-electron chi connectivity index (χ3n) is 5.28. The molecule has 34 heavy (non-hydrogen) atoms. The van der Waals surface area contributed by atoms with Crippen molar-refractivity contribution in [1.29, 1.82) is 0 Å². The fourth-order valence-corrected chi connectivity index (χ4v) is 4.96. The summed E-state index contributed by atoms with van der Waals surface area (Å²) in [4.78, 5) is 8.96. The molecule has 0 bridgehead atoms. The van der Waals surface area contributed by atoms with Crippen LogP contribution in [0.4, 0.5) is 31.7 Å². The largest absolute Gasteiger partial charge is 0.368 e. The summed E-state index contributed by atoms with van der Waals surface area (Å²) in [6.45, 7) is 1.40. The molecule has 13 heteroatoms. The predicted molar refractivity (Wildman–Crippen MR) is 131 cm³/mol. The fourth-order valence-electron chi connectivity index (χ4n) is 3.61. The Hall–Kier alpha value is -2.73. The summed E-state index contributed by atoms with van der Waals surface area (Å²) in [6.07, 6.45) is 4.77. The van der Waals surface area contributed by atoms with Gasteiger partial charge in [0.25, 0.3) is 10.0 Å². The van der Waals surface area contributed by atoms with Gasteiger partial charge in [-0.1, -0.05) is 11.6 Å². The summed E-state index contributed by atoms with van der Waals surface area (Å²) in [7, 11) is -2.43. The topological polar surface area (TPSA) is 99.2 Å². The van der Waals surface area contributed by atoms with Crippen LogP contribution in [0, 0.1) is 11.6 Å². The van der Waals surface area contributed by atoms with Crippen molar-refractivity contribution in [2.24, 2.45) is 0 Å². The number of hydrogen-bond donors (Lipinski definition) is 3. The third-order valence-corrected chi connectivity index (χ3v) is 6.96. The number of aromatic nitrogens is 2. The number of halogens is 4.